The molecule has 3 aromatic carbocycles. The van der Waals surface area contributed by atoms with Crippen molar-refractivity contribution in [2.75, 3.05) is 11.9 Å². The Morgan fingerprint density at radius 1 is 1.03 bits per heavy atom. The Morgan fingerprint density at radius 2 is 1.77 bits per heavy atom. The number of amides is 3. The van der Waals surface area contributed by atoms with Crippen LogP contribution in [0.4, 0.5) is 14.9 Å². The second kappa shape index (κ2) is 10.9. The van der Waals surface area contributed by atoms with Crippen LogP contribution in [0.2, 0.25) is 10.0 Å². The highest BCUT2D eigenvalue weighted by Crippen LogP contribution is 2.34. The summed E-state index contributed by atoms with van der Waals surface area (Å²) in [5.74, 6) is -1.18. The lowest BCUT2D eigenvalue weighted by molar-refractivity contribution is -0.127. The molecule has 0 bridgehead atoms. The molecule has 0 aliphatic carbocycles. The normalized spacial score (nSPS) is 14.5. The van der Waals surface area contributed by atoms with Gasteiger partial charge in [0.05, 0.1) is 9.93 Å². The van der Waals surface area contributed by atoms with Gasteiger partial charge in [-0.25, -0.2) is 4.39 Å². The molecular formula is C25H17Cl2FN2O4S. The quantitative estimate of drug-likeness (QED) is 0.358. The van der Waals surface area contributed by atoms with Crippen LogP contribution in [0.25, 0.3) is 6.08 Å². The van der Waals surface area contributed by atoms with Crippen molar-refractivity contribution in [2.24, 2.45) is 0 Å². The number of carbonyl (C=O) groups is 3. The number of nitrogens with zero attached hydrogens (tertiary/aromatic N) is 1. The molecule has 0 unspecified atom stereocenters. The molecule has 10 heteroatoms. The summed E-state index contributed by atoms with van der Waals surface area (Å²) >= 11 is 13.2. The Morgan fingerprint density at radius 3 is 2.49 bits per heavy atom. The van der Waals surface area contributed by atoms with Crippen molar-refractivity contribution < 1.29 is 23.5 Å². The van der Waals surface area contributed by atoms with Crippen LogP contribution in [-0.4, -0.2) is 28.5 Å². The third kappa shape index (κ3) is 6.22. The second-order valence-electron chi connectivity index (χ2n) is 7.39. The van der Waals surface area contributed by atoms with E-state index in [9.17, 15) is 18.8 Å². The topological polar surface area (TPSA) is 75.7 Å². The monoisotopic (exact) mass is 530 g/mol. The van der Waals surface area contributed by atoms with Gasteiger partial charge in [0.15, 0.2) is 0 Å². The van der Waals surface area contributed by atoms with Crippen LogP contribution in [-0.2, 0) is 16.2 Å². The van der Waals surface area contributed by atoms with Crippen LogP contribution in [0.3, 0.4) is 0 Å². The van der Waals surface area contributed by atoms with E-state index in [1.807, 2.05) is 18.2 Å². The zero-order valence-electron chi connectivity index (χ0n) is 18.0. The van der Waals surface area contributed by atoms with Crippen LogP contribution < -0.4 is 10.1 Å². The predicted octanol–water partition coefficient (Wildman–Crippen LogP) is 6.39. The van der Waals surface area contributed by atoms with Gasteiger partial charge < -0.3 is 10.1 Å². The number of hydrogen-bond donors (Lipinski definition) is 1. The lowest BCUT2D eigenvalue weighted by Crippen LogP contribution is -2.36. The molecule has 178 valence electrons. The zero-order chi connectivity index (χ0) is 24.9. The molecule has 1 saturated heterocycles. The van der Waals surface area contributed by atoms with Gasteiger partial charge in [-0.3, -0.25) is 19.3 Å². The number of imide groups is 1. The van der Waals surface area contributed by atoms with Crippen molar-refractivity contribution in [3.05, 3.63) is 98.6 Å². The Balaban J connectivity index is 1.40. The maximum atomic E-state index is 13.0. The SMILES string of the molecule is O=C(CN1C(=O)S/C(=C\c2ccc(OCc3ccccc3Cl)c(Cl)c2)C1=O)Nc1ccc(F)cc1. The van der Waals surface area contributed by atoms with Gasteiger partial charge in [-0.15, -0.1) is 0 Å². The largest absolute Gasteiger partial charge is 0.487 e. The minimum Gasteiger partial charge on any atom is -0.487 e. The van der Waals surface area contributed by atoms with E-state index in [1.54, 1.807) is 24.3 Å². The highest BCUT2D eigenvalue weighted by atomic mass is 35.5. The van der Waals surface area contributed by atoms with E-state index in [0.717, 1.165) is 22.2 Å². The Bertz CT molecular complexity index is 1330. The van der Waals surface area contributed by atoms with Gasteiger partial charge >= 0.3 is 0 Å². The first-order valence-corrected chi connectivity index (χ1v) is 11.8. The van der Waals surface area contributed by atoms with E-state index >= 15 is 0 Å². The summed E-state index contributed by atoms with van der Waals surface area (Å²) in [5.41, 5.74) is 1.75. The minimum absolute atomic E-state index is 0.158. The number of anilines is 1. The van der Waals surface area contributed by atoms with Crippen LogP contribution in [0, 0.1) is 5.82 Å². The maximum Gasteiger partial charge on any atom is 0.294 e. The van der Waals surface area contributed by atoms with E-state index in [1.165, 1.54) is 30.3 Å². The fourth-order valence-electron chi connectivity index (χ4n) is 3.16. The van der Waals surface area contributed by atoms with Crippen molar-refractivity contribution >= 4 is 63.8 Å². The molecule has 35 heavy (non-hydrogen) atoms. The van der Waals surface area contributed by atoms with Gasteiger partial charge in [-0.05, 0) is 65.9 Å². The van der Waals surface area contributed by atoms with Gasteiger partial charge in [-0.2, -0.15) is 0 Å². The van der Waals surface area contributed by atoms with Crippen molar-refractivity contribution in [1.82, 2.24) is 4.90 Å². The van der Waals surface area contributed by atoms with E-state index in [2.05, 4.69) is 5.32 Å². The number of benzene rings is 3. The van der Waals surface area contributed by atoms with Gasteiger partial charge in [-0.1, -0.05) is 47.5 Å². The lowest BCUT2D eigenvalue weighted by Gasteiger charge is -2.12. The fraction of sp³-hybridized carbons (Fsp3) is 0.0800. The van der Waals surface area contributed by atoms with E-state index in [-0.39, 0.29) is 11.5 Å². The number of rotatable bonds is 7. The van der Waals surface area contributed by atoms with Crippen molar-refractivity contribution in [3.63, 3.8) is 0 Å². The first kappa shape index (κ1) is 24.8. The summed E-state index contributed by atoms with van der Waals surface area (Å²) in [6.45, 7) is -0.230. The summed E-state index contributed by atoms with van der Waals surface area (Å²) < 4.78 is 18.8. The zero-order valence-corrected chi connectivity index (χ0v) is 20.3. The van der Waals surface area contributed by atoms with Crippen LogP contribution in [0.15, 0.2) is 71.6 Å². The number of thioether (sulfide) groups is 1. The Kier molecular flexibility index (Phi) is 7.75. The van der Waals surface area contributed by atoms with Crippen molar-refractivity contribution in [1.29, 1.82) is 0 Å². The molecule has 0 atom stereocenters. The average Bonchev–Trinajstić information content (AvgIpc) is 3.08. The molecular weight excluding hydrogens is 514 g/mol. The fourth-order valence-corrected chi connectivity index (χ4v) is 4.43. The van der Waals surface area contributed by atoms with E-state index in [4.69, 9.17) is 27.9 Å². The number of nitrogens with one attached hydrogen (secondary N) is 1. The minimum atomic E-state index is -0.593. The summed E-state index contributed by atoms with van der Waals surface area (Å²) in [7, 11) is 0. The van der Waals surface area contributed by atoms with Crippen LogP contribution in [0.1, 0.15) is 11.1 Å². The van der Waals surface area contributed by atoms with Gasteiger partial charge in [0, 0.05) is 16.3 Å². The first-order chi connectivity index (χ1) is 16.8. The van der Waals surface area contributed by atoms with Gasteiger partial charge in [0.25, 0.3) is 11.1 Å². The summed E-state index contributed by atoms with van der Waals surface area (Å²) in [5, 5.41) is 2.86. The molecule has 3 aromatic rings. The summed E-state index contributed by atoms with van der Waals surface area (Å²) in [6, 6.07) is 17.4. The first-order valence-electron chi connectivity index (χ1n) is 10.3. The Hall–Kier alpha value is -3.33. The number of carbonyl (C=O) groups excluding carboxylic acids is 3. The number of halogens is 3. The third-order valence-corrected chi connectivity index (χ3v) is 6.47. The van der Waals surface area contributed by atoms with Crippen molar-refractivity contribution in [3.8, 4) is 5.75 Å². The molecule has 1 fully saturated rings. The molecule has 1 aliphatic heterocycles. The van der Waals surface area contributed by atoms with Gasteiger partial charge in [0.2, 0.25) is 5.91 Å². The van der Waals surface area contributed by atoms with E-state index < -0.39 is 29.4 Å². The highest BCUT2D eigenvalue weighted by Gasteiger charge is 2.36. The second-order valence-corrected chi connectivity index (χ2v) is 9.20. The smallest absolute Gasteiger partial charge is 0.294 e. The molecule has 1 N–H and O–H groups in total. The molecule has 3 amide bonds. The third-order valence-electron chi connectivity index (χ3n) is 4.90. The molecule has 0 saturated carbocycles. The number of hydrogen-bond acceptors (Lipinski definition) is 5. The molecule has 6 nitrogen and oxygen atoms in total. The summed E-state index contributed by atoms with van der Waals surface area (Å²) in [4.78, 5) is 38.3. The van der Waals surface area contributed by atoms with Crippen molar-refractivity contribution in [2.45, 2.75) is 6.61 Å². The lowest BCUT2D eigenvalue weighted by atomic mass is 10.2. The molecule has 1 aliphatic rings. The van der Waals surface area contributed by atoms with Crippen LogP contribution in [0.5, 0.6) is 5.75 Å². The molecule has 0 radical (unpaired) electrons. The Labute approximate surface area is 214 Å². The van der Waals surface area contributed by atoms with E-state index in [0.29, 0.717) is 27.0 Å². The average molecular weight is 531 g/mol. The summed E-state index contributed by atoms with van der Waals surface area (Å²) in [6.07, 6.45) is 1.52. The highest BCUT2D eigenvalue weighted by molar-refractivity contribution is 8.18. The maximum absolute atomic E-state index is 13.0. The number of ether oxygens (including phenoxy) is 1. The molecule has 4 rings (SSSR count). The molecule has 0 spiro atoms. The van der Waals surface area contributed by atoms with Crippen LogP contribution >= 0.6 is 35.0 Å². The van der Waals surface area contributed by atoms with Gasteiger partial charge in [0.1, 0.15) is 24.7 Å². The molecule has 1 heterocycles. The predicted molar refractivity (Wildman–Crippen MR) is 135 cm³/mol. The standard InChI is InChI=1S/C25H17Cl2FN2O4S/c26-19-4-2-1-3-16(19)14-34-21-10-5-15(11-20(21)27)12-22-24(32)30(25(33)35-22)13-23(31)29-18-8-6-17(28)7-9-18/h1-12H,13-14H2,(H,29,31)/b22-12-. The molecule has 0 aromatic heterocycles.